The fourth-order valence-electron chi connectivity index (χ4n) is 3.69. The van der Waals surface area contributed by atoms with Crippen molar-refractivity contribution >= 4 is 11.6 Å². The minimum absolute atomic E-state index is 0.0971. The molecule has 0 fully saturated rings. The monoisotopic (exact) mass is 379 g/mol. The maximum Gasteiger partial charge on any atom is 0.225 e. The maximum absolute atomic E-state index is 12.5. The number of benzene rings is 2. The third-order valence-corrected chi connectivity index (χ3v) is 5.53. The van der Waals surface area contributed by atoms with Crippen LogP contribution in [0, 0.1) is 5.41 Å². The number of anilines is 1. The number of nitrogens with one attached hydrogen (secondary N) is 1. The molecule has 0 spiro atoms. The molecule has 2 aromatic rings. The van der Waals surface area contributed by atoms with Crippen molar-refractivity contribution in [3.8, 4) is 0 Å². The fraction of sp³-hybridized carbons (Fsp3) is 0.458. The Morgan fingerprint density at radius 3 is 2.32 bits per heavy atom. The molecule has 1 aliphatic rings. The van der Waals surface area contributed by atoms with Crippen molar-refractivity contribution in [2.24, 2.45) is 5.41 Å². The number of amides is 1. The molecule has 0 unspecified atom stereocenters. The predicted octanol–water partition coefficient (Wildman–Crippen LogP) is 4.01. The molecule has 3 rings (SSSR count). The highest BCUT2D eigenvalue weighted by Crippen LogP contribution is 2.29. The molecule has 1 atom stereocenters. The molecule has 1 heterocycles. The van der Waals surface area contributed by atoms with Crippen molar-refractivity contribution in [1.29, 1.82) is 0 Å². The quantitative estimate of drug-likeness (QED) is 0.852. The summed E-state index contributed by atoms with van der Waals surface area (Å²) >= 11 is 0. The third kappa shape index (κ3) is 4.74. The zero-order valence-corrected chi connectivity index (χ0v) is 17.8. The Morgan fingerprint density at radius 1 is 1.07 bits per heavy atom. The molecule has 28 heavy (non-hydrogen) atoms. The normalized spacial score (nSPS) is 15.6. The lowest BCUT2D eigenvalue weighted by molar-refractivity contribution is -0.128. The van der Waals surface area contributed by atoms with Crippen molar-refractivity contribution in [3.63, 3.8) is 0 Å². The molecule has 0 saturated carbocycles. The molecule has 4 nitrogen and oxygen atoms in total. The largest absolute Gasteiger partial charge is 0.378 e. The summed E-state index contributed by atoms with van der Waals surface area (Å²) in [5.41, 5.74) is 4.89. The number of fused-ring (bicyclic) bond motifs is 1. The van der Waals surface area contributed by atoms with E-state index in [2.05, 4.69) is 77.7 Å². The minimum Gasteiger partial charge on any atom is -0.378 e. The SMILES string of the molecule is CN(C)c1ccc([C@H](CNC(=O)C(C)(C)C)N2CCc3ccccc3C2)cc1. The molecular formula is C24H33N3O. The van der Waals surface area contributed by atoms with Crippen LogP contribution in [-0.4, -0.2) is 38.0 Å². The molecule has 2 aromatic carbocycles. The van der Waals surface area contributed by atoms with Crippen LogP contribution in [0.25, 0.3) is 0 Å². The average molecular weight is 380 g/mol. The fourth-order valence-corrected chi connectivity index (χ4v) is 3.69. The van der Waals surface area contributed by atoms with E-state index in [0.717, 1.165) is 19.5 Å². The lowest BCUT2D eigenvalue weighted by Gasteiger charge is -2.36. The molecular weight excluding hydrogens is 346 g/mol. The van der Waals surface area contributed by atoms with Gasteiger partial charge in [-0.15, -0.1) is 0 Å². The lowest BCUT2D eigenvalue weighted by Crippen LogP contribution is -2.43. The predicted molar refractivity (Wildman–Crippen MR) is 117 cm³/mol. The van der Waals surface area contributed by atoms with Crippen molar-refractivity contribution in [2.75, 3.05) is 32.1 Å². The smallest absolute Gasteiger partial charge is 0.225 e. The van der Waals surface area contributed by atoms with Gasteiger partial charge in [-0.25, -0.2) is 0 Å². The second-order valence-corrected chi connectivity index (χ2v) is 8.95. The van der Waals surface area contributed by atoms with Gasteiger partial charge in [0, 0.05) is 44.8 Å². The van der Waals surface area contributed by atoms with E-state index in [1.54, 1.807) is 0 Å². The molecule has 4 heteroatoms. The first-order chi connectivity index (χ1) is 13.3. The third-order valence-electron chi connectivity index (χ3n) is 5.53. The van der Waals surface area contributed by atoms with E-state index in [9.17, 15) is 4.79 Å². The van der Waals surface area contributed by atoms with Crippen LogP contribution in [0.3, 0.4) is 0 Å². The number of nitrogens with zero attached hydrogens (tertiary/aromatic N) is 2. The number of hydrogen-bond donors (Lipinski definition) is 1. The van der Waals surface area contributed by atoms with Crippen LogP contribution in [-0.2, 0) is 17.8 Å². The Balaban J connectivity index is 1.83. The van der Waals surface area contributed by atoms with Crippen LogP contribution in [0.15, 0.2) is 48.5 Å². The van der Waals surface area contributed by atoms with Gasteiger partial charge in [0.05, 0.1) is 6.04 Å². The van der Waals surface area contributed by atoms with E-state index in [1.807, 2.05) is 20.8 Å². The van der Waals surface area contributed by atoms with Crippen LogP contribution in [0.4, 0.5) is 5.69 Å². The highest BCUT2D eigenvalue weighted by molar-refractivity contribution is 5.81. The Morgan fingerprint density at radius 2 is 1.71 bits per heavy atom. The zero-order chi connectivity index (χ0) is 20.3. The maximum atomic E-state index is 12.5. The first-order valence-electron chi connectivity index (χ1n) is 10.1. The summed E-state index contributed by atoms with van der Waals surface area (Å²) < 4.78 is 0. The van der Waals surface area contributed by atoms with Gasteiger partial charge in [0.15, 0.2) is 0 Å². The van der Waals surface area contributed by atoms with E-state index < -0.39 is 0 Å². The topological polar surface area (TPSA) is 35.6 Å². The van der Waals surface area contributed by atoms with Gasteiger partial charge in [0.1, 0.15) is 0 Å². The van der Waals surface area contributed by atoms with E-state index in [0.29, 0.717) is 6.54 Å². The second kappa shape index (κ2) is 8.36. The van der Waals surface area contributed by atoms with Gasteiger partial charge in [0.25, 0.3) is 0 Å². The van der Waals surface area contributed by atoms with Crippen LogP contribution >= 0.6 is 0 Å². The molecule has 1 amide bonds. The Hall–Kier alpha value is -2.33. The van der Waals surface area contributed by atoms with Crippen molar-refractivity contribution < 1.29 is 4.79 Å². The van der Waals surface area contributed by atoms with Crippen LogP contribution in [0.5, 0.6) is 0 Å². The van der Waals surface area contributed by atoms with Gasteiger partial charge in [0.2, 0.25) is 5.91 Å². The number of hydrogen-bond acceptors (Lipinski definition) is 3. The van der Waals surface area contributed by atoms with Gasteiger partial charge in [-0.05, 0) is 35.2 Å². The Kier molecular flexibility index (Phi) is 6.09. The van der Waals surface area contributed by atoms with Crippen LogP contribution in [0.1, 0.15) is 43.5 Å². The van der Waals surface area contributed by atoms with E-state index in [-0.39, 0.29) is 17.4 Å². The summed E-state index contributed by atoms with van der Waals surface area (Å²) in [5.74, 6) is 0.0971. The highest BCUT2D eigenvalue weighted by Gasteiger charge is 2.27. The summed E-state index contributed by atoms with van der Waals surface area (Å²) in [6.45, 7) is 8.42. The first-order valence-corrected chi connectivity index (χ1v) is 10.1. The molecule has 0 aromatic heterocycles. The van der Waals surface area contributed by atoms with Crippen molar-refractivity contribution in [3.05, 3.63) is 65.2 Å². The molecule has 0 aliphatic carbocycles. The van der Waals surface area contributed by atoms with E-state index in [1.165, 1.54) is 22.4 Å². The van der Waals surface area contributed by atoms with E-state index in [4.69, 9.17) is 0 Å². The van der Waals surface area contributed by atoms with Crippen LogP contribution < -0.4 is 10.2 Å². The molecule has 1 N–H and O–H groups in total. The summed E-state index contributed by atoms with van der Waals surface area (Å²) in [7, 11) is 4.11. The van der Waals surface area contributed by atoms with Crippen molar-refractivity contribution in [2.45, 2.75) is 39.8 Å². The summed E-state index contributed by atoms with van der Waals surface area (Å²) in [5, 5.41) is 3.19. The molecule has 0 radical (unpaired) electrons. The Labute approximate surface area is 169 Å². The zero-order valence-electron chi connectivity index (χ0n) is 17.8. The summed E-state index contributed by atoms with van der Waals surface area (Å²) in [4.78, 5) is 17.1. The number of carbonyl (C=O) groups is 1. The molecule has 0 bridgehead atoms. The summed E-state index contributed by atoms with van der Waals surface area (Å²) in [6.07, 6.45) is 1.05. The molecule has 1 aliphatic heterocycles. The second-order valence-electron chi connectivity index (χ2n) is 8.95. The molecule has 0 saturated heterocycles. The van der Waals surface area contributed by atoms with E-state index >= 15 is 0 Å². The first kappa shape index (κ1) is 20.4. The molecule has 150 valence electrons. The standard InChI is InChI=1S/C24H33N3O/c1-24(2,3)23(28)25-16-22(19-10-12-21(13-11-19)26(4)5)27-15-14-18-8-6-7-9-20(18)17-27/h6-13,22H,14-17H2,1-5H3,(H,25,28)/t22-/m0/s1. The van der Waals surface area contributed by atoms with Gasteiger partial charge in [-0.3, -0.25) is 9.69 Å². The van der Waals surface area contributed by atoms with Gasteiger partial charge < -0.3 is 10.2 Å². The number of rotatable bonds is 5. The van der Waals surface area contributed by atoms with Crippen molar-refractivity contribution in [1.82, 2.24) is 10.2 Å². The van der Waals surface area contributed by atoms with Gasteiger partial charge in [-0.1, -0.05) is 57.2 Å². The number of carbonyl (C=O) groups excluding carboxylic acids is 1. The average Bonchev–Trinajstić information content (AvgIpc) is 2.67. The minimum atomic E-state index is -0.381. The van der Waals surface area contributed by atoms with Gasteiger partial charge in [-0.2, -0.15) is 0 Å². The van der Waals surface area contributed by atoms with Crippen LogP contribution in [0.2, 0.25) is 0 Å². The Bertz CT molecular complexity index is 805. The highest BCUT2D eigenvalue weighted by atomic mass is 16.2. The summed E-state index contributed by atoms with van der Waals surface area (Å²) in [6, 6.07) is 17.6. The lowest BCUT2D eigenvalue weighted by atomic mass is 9.94. The van der Waals surface area contributed by atoms with Gasteiger partial charge >= 0.3 is 0 Å².